The number of hydrogen-bond donors (Lipinski definition) is 0. The monoisotopic (exact) mass is 414 g/mol. The number of nitrogens with zero attached hydrogens (tertiary/aromatic N) is 8. The number of carbonyl (C=O) groups excluding carboxylic acids is 2. The van der Waals surface area contributed by atoms with Crippen LogP contribution in [0.15, 0.2) is 23.7 Å². The first-order valence-corrected chi connectivity index (χ1v) is 10.0. The fraction of sp³-hybridized carbons (Fsp3) is 0.579. The summed E-state index contributed by atoms with van der Waals surface area (Å²) in [5.41, 5.74) is 1.89. The van der Waals surface area contributed by atoms with Crippen LogP contribution in [0.4, 0.5) is 0 Å². The van der Waals surface area contributed by atoms with E-state index in [0.717, 1.165) is 5.56 Å². The Hall–Kier alpha value is -3.24. The van der Waals surface area contributed by atoms with E-state index in [4.69, 9.17) is 4.84 Å². The van der Waals surface area contributed by atoms with Gasteiger partial charge < -0.3 is 14.6 Å². The highest BCUT2D eigenvalue weighted by molar-refractivity contribution is 6.03. The van der Waals surface area contributed by atoms with Crippen molar-refractivity contribution in [2.75, 3.05) is 20.1 Å². The largest absolute Gasteiger partial charge is 0.382 e. The van der Waals surface area contributed by atoms with Crippen molar-refractivity contribution in [1.29, 1.82) is 0 Å². The molecule has 0 N–H and O–H groups in total. The van der Waals surface area contributed by atoms with E-state index in [2.05, 4.69) is 20.6 Å². The molecule has 160 valence electrons. The van der Waals surface area contributed by atoms with Crippen molar-refractivity contribution < 1.29 is 14.4 Å². The molecule has 2 aromatic rings. The molecule has 0 spiro atoms. The van der Waals surface area contributed by atoms with Gasteiger partial charge in [-0.3, -0.25) is 14.3 Å². The molecule has 1 saturated heterocycles. The van der Waals surface area contributed by atoms with Gasteiger partial charge in [-0.15, -0.1) is 5.10 Å². The Bertz CT molecular complexity index is 978. The lowest BCUT2D eigenvalue weighted by Gasteiger charge is -2.26. The number of oxime groups is 1. The van der Waals surface area contributed by atoms with Crippen molar-refractivity contribution in [2.24, 2.45) is 12.2 Å². The summed E-state index contributed by atoms with van der Waals surface area (Å²) in [6, 6.07) is 0.0620. The second-order valence-corrected chi connectivity index (χ2v) is 8.06. The van der Waals surface area contributed by atoms with Gasteiger partial charge in [-0.2, -0.15) is 5.10 Å². The van der Waals surface area contributed by atoms with Gasteiger partial charge in [-0.1, -0.05) is 10.4 Å². The maximum atomic E-state index is 12.9. The zero-order valence-electron chi connectivity index (χ0n) is 17.6. The minimum atomic E-state index is -0.652. The van der Waals surface area contributed by atoms with Gasteiger partial charge in [0.1, 0.15) is 0 Å². The van der Waals surface area contributed by atoms with Gasteiger partial charge in [0.15, 0.2) is 5.69 Å². The molecule has 4 rings (SSSR count). The van der Waals surface area contributed by atoms with Crippen LogP contribution in [-0.2, 0) is 16.7 Å². The molecule has 11 heteroatoms. The summed E-state index contributed by atoms with van der Waals surface area (Å²) in [6.45, 7) is 4.98. The lowest BCUT2D eigenvalue weighted by atomic mass is 10.1. The molecule has 2 aromatic heterocycles. The molecule has 0 bridgehead atoms. The molecule has 30 heavy (non-hydrogen) atoms. The number of aryl methyl sites for hydroxylation is 1. The van der Waals surface area contributed by atoms with Crippen molar-refractivity contribution in [3.8, 4) is 0 Å². The summed E-state index contributed by atoms with van der Waals surface area (Å²) < 4.78 is 3.34. The third-order valence-corrected chi connectivity index (χ3v) is 5.59. The maximum absolute atomic E-state index is 12.9. The quantitative estimate of drug-likeness (QED) is 0.703. The van der Waals surface area contributed by atoms with Crippen LogP contribution in [0, 0.1) is 0 Å². The third-order valence-electron chi connectivity index (χ3n) is 5.59. The zero-order valence-corrected chi connectivity index (χ0v) is 17.6. The first-order chi connectivity index (χ1) is 14.3. The predicted octanol–water partition coefficient (Wildman–Crippen LogP) is 0.459. The van der Waals surface area contributed by atoms with Gasteiger partial charge in [0.2, 0.25) is 6.10 Å². The molecule has 11 nitrogen and oxygen atoms in total. The highest BCUT2D eigenvalue weighted by Crippen LogP contribution is 2.22. The van der Waals surface area contributed by atoms with Crippen LogP contribution in [0.5, 0.6) is 0 Å². The molecule has 0 radical (unpaired) electrons. The fourth-order valence-corrected chi connectivity index (χ4v) is 3.69. The van der Waals surface area contributed by atoms with Crippen molar-refractivity contribution in [1.82, 2.24) is 34.6 Å². The van der Waals surface area contributed by atoms with Gasteiger partial charge >= 0.3 is 0 Å². The molecular weight excluding hydrogens is 388 g/mol. The number of hydrogen-bond acceptors (Lipinski definition) is 7. The standard InChI is InChI=1S/C19H26N8O3/c1-12(2)27-11-16(21-23-27)18(28)26-6-5-14(10-26)25(4)19(29)17-7-15(22-30-17)13-8-20-24(3)9-13/h8-9,11-12,14,17H,5-7,10H2,1-4H3. The first kappa shape index (κ1) is 20.0. The molecule has 2 unspecified atom stereocenters. The van der Waals surface area contributed by atoms with E-state index in [-0.39, 0.29) is 23.9 Å². The number of aromatic nitrogens is 5. The molecule has 0 aliphatic carbocycles. The van der Waals surface area contributed by atoms with Gasteiger partial charge in [-0.25, -0.2) is 4.68 Å². The fourth-order valence-electron chi connectivity index (χ4n) is 3.69. The smallest absolute Gasteiger partial charge is 0.276 e. The zero-order chi connectivity index (χ0) is 21.4. The van der Waals surface area contributed by atoms with E-state index in [9.17, 15) is 9.59 Å². The van der Waals surface area contributed by atoms with E-state index in [1.165, 1.54) is 0 Å². The van der Waals surface area contributed by atoms with Crippen LogP contribution < -0.4 is 0 Å². The Balaban J connectivity index is 1.33. The Kier molecular flexibility index (Phi) is 5.27. The molecule has 4 heterocycles. The Morgan fingerprint density at radius 1 is 1.30 bits per heavy atom. The van der Waals surface area contributed by atoms with Crippen LogP contribution in [0.2, 0.25) is 0 Å². The highest BCUT2D eigenvalue weighted by atomic mass is 16.6. The Labute approximate surface area is 174 Å². The van der Waals surface area contributed by atoms with E-state index in [1.54, 1.807) is 38.6 Å². The third kappa shape index (κ3) is 3.79. The summed E-state index contributed by atoms with van der Waals surface area (Å²) in [5, 5.41) is 16.2. The summed E-state index contributed by atoms with van der Waals surface area (Å²) in [4.78, 5) is 34.4. The summed E-state index contributed by atoms with van der Waals surface area (Å²) in [7, 11) is 3.58. The molecule has 1 fully saturated rings. The minimum absolute atomic E-state index is 0.0763. The molecule has 2 aliphatic rings. The second kappa shape index (κ2) is 7.88. The lowest BCUT2D eigenvalue weighted by molar-refractivity contribution is -0.142. The predicted molar refractivity (Wildman–Crippen MR) is 107 cm³/mol. The number of amides is 2. The van der Waals surface area contributed by atoms with E-state index in [0.29, 0.717) is 37.3 Å². The van der Waals surface area contributed by atoms with Crippen LogP contribution in [0.1, 0.15) is 48.8 Å². The number of likely N-dealkylation sites (N-methyl/N-ethyl adjacent to an activating group) is 1. The van der Waals surface area contributed by atoms with Crippen molar-refractivity contribution in [2.45, 2.75) is 44.9 Å². The number of carbonyl (C=O) groups is 2. The van der Waals surface area contributed by atoms with Crippen molar-refractivity contribution >= 4 is 17.5 Å². The minimum Gasteiger partial charge on any atom is -0.382 e. The average molecular weight is 414 g/mol. The highest BCUT2D eigenvalue weighted by Gasteiger charge is 2.37. The number of rotatable bonds is 5. The van der Waals surface area contributed by atoms with Crippen molar-refractivity contribution in [3.63, 3.8) is 0 Å². The lowest BCUT2D eigenvalue weighted by Crippen LogP contribution is -2.44. The summed E-state index contributed by atoms with van der Waals surface area (Å²) in [6.07, 6.45) is 5.67. The maximum Gasteiger partial charge on any atom is 0.276 e. The number of likely N-dealkylation sites (tertiary alicyclic amines) is 1. The Morgan fingerprint density at radius 3 is 2.77 bits per heavy atom. The SMILES string of the molecule is CC(C)n1cc(C(=O)N2CCC(N(C)C(=O)C3CC(c4cnn(C)c4)=NO3)C2)nn1. The van der Waals surface area contributed by atoms with Gasteiger partial charge in [0, 0.05) is 51.4 Å². The summed E-state index contributed by atoms with van der Waals surface area (Å²) >= 11 is 0. The van der Waals surface area contributed by atoms with Gasteiger partial charge in [0.05, 0.1) is 24.1 Å². The van der Waals surface area contributed by atoms with E-state index >= 15 is 0 Å². The normalized spacial score (nSPS) is 21.1. The molecular formula is C19H26N8O3. The van der Waals surface area contributed by atoms with Gasteiger partial charge in [-0.05, 0) is 20.3 Å². The second-order valence-electron chi connectivity index (χ2n) is 8.06. The molecule has 2 atom stereocenters. The van der Waals surface area contributed by atoms with Crippen LogP contribution in [0.3, 0.4) is 0 Å². The van der Waals surface area contributed by atoms with Gasteiger partial charge in [0.25, 0.3) is 11.8 Å². The van der Waals surface area contributed by atoms with E-state index in [1.807, 2.05) is 27.1 Å². The molecule has 2 aliphatic heterocycles. The molecule has 0 aromatic carbocycles. The summed E-state index contributed by atoms with van der Waals surface area (Å²) in [5.74, 6) is -0.299. The topological polar surface area (TPSA) is 111 Å². The molecule has 0 saturated carbocycles. The molecule has 2 amide bonds. The van der Waals surface area contributed by atoms with Crippen LogP contribution in [0.25, 0.3) is 0 Å². The first-order valence-electron chi connectivity index (χ1n) is 10.0. The average Bonchev–Trinajstić information content (AvgIpc) is 3.52. The van der Waals surface area contributed by atoms with Crippen LogP contribution >= 0.6 is 0 Å². The Morgan fingerprint density at radius 2 is 2.10 bits per heavy atom. The van der Waals surface area contributed by atoms with E-state index < -0.39 is 6.10 Å². The van der Waals surface area contributed by atoms with Crippen LogP contribution in [-0.4, -0.2) is 84.4 Å². The van der Waals surface area contributed by atoms with Crippen molar-refractivity contribution in [3.05, 3.63) is 29.8 Å².